The van der Waals surface area contributed by atoms with E-state index in [-0.39, 0.29) is 31.2 Å². The second-order valence-electron chi connectivity index (χ2n) is 5.37. The zero-order chi connectivity index (χ0) is 17.7. The summed E-state index contributed by atoms with van der Waals surface area (Å²) in [6.45, 7) is 3.02. The van der Waals surface area contributed by atoms with Gasteiger partial charge in [0.1, 0.15) is 12.2 Å². The zero-order valence-electron chi connectivity index (χ0n) is 13.1. The van der Waals surface area contributed by atoms with Crippen molar-refractivity contribution >= 4 is 6.09 Å². The van der Waals surface area contributed by atoms with Crippen LogP contribution in [-0.4, -0.2) is 46.7 Å². The summed E-state index contributed by atoms with van der Waals surface area (Å²) in [5.74, 6) is -1.41. The molecule has 0 saturated carbocycles. The highest BCUT2D eigenvalue weighted by Crippen LogP contribution is 2.28. The van der Waals surface area contributed by atoms with Gasteiger partial charge < -0.3 is 24.9 Å². The molecule has 1 N–H and O–H groups in total. The van der Waals surface area contributed by atoms with Crippen LogP contribution in [0.1, 0.15) is 31.3 Å². The maximum absolute atomic E-state index is 12.9. The minimum absolute atomic E-state index is 0.155. The number of ether oxygens (including phenoxy) is 1. The third-order valence-electron chi connectivity index (χ3n) is 3.55. The molecule has 7 nitrogen and oxygen atoms in total. The summed E-state index contributed by atoms with van der Waals surface area (Å²) in [7, 11) is 0. The first kappa shape index (κ1) is 18.2. The van der Waals surface area contributed by atoms with E-state index in [1.807, 2.05) is 6.92 Å². The number of carboxylic acid groups (broad SMARTS) is 1. The number of carbonyl (C=O) groups is 1. The highest BCUT2D eigenvalue weighted by molar-refractivity contribution is 5.62. The van der Waals surface area contributed by atoms with Crippen molar-refractivity contribution in [3.8, 4) is 5.88 Å². The fourth-order valence-electron chi connectivity index (χ4n) is 2.33. The van der Waals surface area contributed by atoms with Crippen LogP contribution in [0.3, 0.4) is 0 Å². The summed E-state index contributed by atoms with van der Waals surface area (Å²) >= 11 is 0. The second-order valence-corrected chi connectivity index (χ2v) is 5.37. The van der Waals surface area contributed by atoms with Gasteiger partial charge in [-0.3, -0.25) is 0 Å². The van der Waals surface area contributed by atoms with Crippen LogP contribution in [0.4, 0.5) is 18.0 Å². The van der Waals surface area contributed by atoms with Crippen LogP contribution in [-0.2, 0) is 12.7 Å². The predicted molar refractivity (Wildman–Crippen MR) is 75.0 cm³/mol. The van der Waals surface area contributed by atoms with E-state index in [0.717, 1.165) is 4.90 Å². The fraction of sp³-hybridized carbons (Fsp3) is 0.643. The number of hydrogen-bond donors (Lipinski definition) is 1. The van der Waals surface area contributed by atoms with Crippen molar-refractivity contribution in [3.05, 3.63) is 17.6 Å². The zero-order valence-corrected chi connectivity index (χ0v) is 13.1. The number of piperidine rings is 1. The van der Waals surface area contributed by atoms with Gasteiger partial charge in [-0.15, -0.1) is 0 Å². The largest absolute Gasteiger partial charge is 0.530 e. The topological polar surface area (TPSA) is 90.4 Å². The Balaban J connectivity index is 2.10. The first-order valence-electron chi connectivity index (χ1n) is 7.58. The predicted octanol–water partition coefficient (Wildman–Crippen LogP) is 0.791. The molecular weight excluding hydrogens is 329 g/mol. The van der Waals surface area contributed by atoms with E-state index in [9.17, 15) is 23.1 Å². The molecule has 134 valence electrons. The van der Waals surface area contributed by atoms with Gasteiger partial charge in [-0.1, -0.05) is 6.92 Å². The first-order chi connectivity index (χ1) is 11.3. The molecule has 0 bridgehead atoms. The number of halogens is 3. The molecule has 1 aliphatic rings. The standard InChI is InChI=1S/C14H19F3N4O3/c1-2-18-8-9-7-11(20-12(19-9)14(15,16)17)24-10-3-5-21(6-4-10)13(22)23/h7,10,18H,2-6,8H2,1H3,(H,22,23)/p-1. The number of nitrogens with zero attached hydrogens (tertiary/aromatic N) is 3. The van der Waals surface area contributed by atoms with Crippen molar-refractivity contribution in [1.29, 1.82) is 0 Å². The van der Waals surface area contributed by atoms with Crippen molar-refractivity contribution in [2.75, 3.05) is 19.6 Å². The van der Waals surface area contributed by atoms with E-state index in [1.165, 1.54) is 6.07 Å². The van der Waals surface area contributed by atoms with Gasteiger partial charge in [0.25, 0.3) is 0 Å². The highest BCUT2D eigenvalue weighted by Gasteiger charge is 2.36. The molecule has 1 saturated heterocycles. The molecule has 2 heterocycles. The second kappa shape index (κ2) is 7.65. The smallest absolute Gasteiger partial charge is 0.451 e. The Hall–Kier alpha value is -2.10. The molecule has 0 unspecified atom stereocenters. The average molecular weight is 347 g/mol. The van der Waals surface area contributed by atoms with Crippen LogP contribution in [0, 0.1) is 0 Å². The van der Waals surface area contributed by atoms with Gasteiger partial charge in [0.15, 0.2) is 0 Å². The molecule has 0 aromatic carbocycles. The molecule has 0 spiro atoms. The number of amides is 1. The lowest BCUT2D eigenvalue weighted by Gasteiger charge is -2.33. The fourth-order valence-corrected chi connectivity index (χ4v) is 2.33. The lowest BCUT2D eigenvalue weighted by atomic mass is 10.1. The number of alkyl halides is 3. The van der Waals surface area contributed by atoms with Gasteiger partial charge in [0.05, 0.1) is 5.69 Å². The molecule has 1 aromatic heterocycles. The summed E-state index contributed by atoms with van der Waals surface area (Å²) in [5.41, 5.74) is 0.182. The first-order valence-corrected chi connectivity index (χ1v) is 7.58. The number of carbonyl (C=O) groups excluding carboxylic acids is 1. The maximum Gasteiger partial charge on any atom is 0.451 e. The molecule has 1 aliphatic heterocycles. The van der Waals surface area contributed by atoms with Crippen molar-refractivity contribution in [2.45, 2.75) is 38.6 Å². The lowest BCUT2D eigenvalue weighted by Crippen LogP contribution is -2.47. The molecule has 0 atom stereocenters. The van der Waals surface area contributed by atoms with Crippen LogP contribution in [0.2, 0.25) is 0 Å². The normalized spacial score (nSPS) is 16.2. The Labute approximate surface area is 136 Å². The Morgan fingerprint density at radius 2 is 2.08 bits per heavy atom. The van der Waals surface area contributed by atoms with E-state index in [0.29, 0.717) is 19.4 Å². The van der Waals surface area contributed by atoms with E-state index >= 15 is 0 Å². The van der Waals surface area contributed by atoms with Gasteiger partial charge in [-0.25, -0.2) is 4.98 Å². The Bertz CT molecular complexity index is 575. The number of aromatic nitrogens is 2. The van der Waals surface area contributed by atoms with Gasteiger partial charge in [-0.2, -0.15) is 18.2 Å². The minimum atomic E-state index is -4.67. The molecule has 1 fully saturated rings. The summed E-state index contributed by atoms with van der Waals surface area (Å²) in [6.07, 6.45) is -5.60. The third-order valence-corrected chi connectivity index (χ3v) is 3.55. The van der Waals surface area contributed by atoms with Crippen LogP contribution in [0.5, 0.6) is 5.88 Å². The molecule has 2 rings (SSSR count). The molecule has 10 heteroatoms. The van der Waals surface area contributed by atoms with Crippen molar-refractivity contribution < 1.29 is 27.8 Å². The number of hydrogen-bond acceptors (Lipinski definition) is 6. The molecule has 24 heavy (non-hydrogen) atoms. The summed E-state index contributed by atoms with van der Waals surface area (Å²) in [6, 6.07) is 1.36. The van der Waals surface area contributed by atoms with Gasteiger partial charge in [0, 0.05) is 38.5 Å². The van der Waals surface area contributed by atoms with E-state index in [2.05, 4.69) is 15.3 Å². The Kier molecular flexibility index (Phi) is 5.81. The minimum Gasteiger partial charge on any atom is -0.530 e. The number of rotatable bonds is 5. The van der Waals surface area contributed by atoms with Crippen LogP contribution >= 0.6 is 0 Å². The van der Waals surface area contributed by atoms with E-state index in [1.54, 1.807) is 0 Å². The van der Waals surface area contributed by atoms with Gasteiger partial charge in [-0.05, 0) is 6.54 Å². The van der Waals surface area contributed by atoms with Crippen molar-refractivity contribution in [1.82, 2.24) is 20.2 Å². The molecule has 0 aliphatic carbocycles. The third kappa shape index (κ3) is 4.95. The molecular formula is C14H18F3N4O3-. The lowest BCUT2D eigenvalue weighted by molar-refractivity contribution is -0.266. The molecule has 1 amide bonds. The Morgan fingerprint density at radius 3 is 2.62 bits per heavy atom. The highest BCUT2D eigenvalue weighted by atomic mass is 19.4. The van der Waals surface area contributed by atoms with Crippen LogP contribution < -0.4 is 15.2 Å². The quantitative estimate of drug-likeness (QED) is 0.847. The van der Waals surface area contributed by atoms with Crippen molar-refractivity contribution in [2.24, 2.45) is 0 Å². The summed E-state index contributed by atoms with van der Waals surface area (Å²) in [5, 5.41) is 13.6. The van der Waals surface area contributed by atoms with Crippen LogP contribution in [0.15, 0.2) is 6.07 Å². The van der Waals surface area contributed by atoms with Gasteiger partial charge in [0.2, 0.25) is 11.7 Å². The van der Waals surface area contributed by atoms with E-state index < -0.39 is 24.2 Å². The SMILES string of the molecule is CCNCc1cc(OC2CCN(C(=O)[O-])CC2)nc(C(F)(F)F)n1. The monoisotopic (exact) mass is 347 g/mol. The number of nitrogens with one attached hydrogen (secondary N) is 1. The molecule has 1 aromatic rings. The molecule has 0 radical (unpaired) electrons. The number of likely N-dealkylation sites (tertiary alicyclic amines) is 1. The van der Waals surface area contributed by atoms with Gasteiger partial charge >= 0.3 is 6.18 Å². The average Bonchev–Trinajstić information content (AvgIpc) is 2.52. The van der Waals surface area contributed by atoms with E-state index in [4.69, 9.17) is 4.74 Å². The summed E-state index contributed by atoms with van der Waals surface area (Å²) in [4.78, 5) is 18.8. The van der Waals surface area contributed by atoms with Crippen LogP contribution in [0.25, 0.3) is 0 Å². The summed E-state index contributed by atoms with van der Waals surface area (Å²) < 4.78 is 44.2. The maximum atomic E-state index is 12.9. The van der Waals surface area contributed by atoms with Crippen molar-refractivity contribution in [3.63, 3.8) is 0 Å². The Morgan fingerprint density at radius 1 is 1.42 bits per heavy atom.